The van der Waals surface area contributed by atoms with Gasteiger partial charge in [0, 0.05) is 0 Å². The second kappa shape index (κ2) is 6.29. The predicted molar refractivity (Wildman–Crippen MR) is 91.2 cm³/mol. The van der Waals surface area contributed by atoms with E-state index in [4.69, 9.17) is 11.6 Å². The van der Waals surface area contributed by atoms with Crippen LogP contribution >= 0.6 is 11.6 Å². The summed E-state index contributed by atoms with van der Waals surface area (Å²) in [5, 5.41) is 20.4. The molecule has 0 aliphatic heterocycles. The fourth-order valence-electron chi connectivity index (χ4n) is 2.56. The zero-order chi connectivity index (χ0) is 18.2. The molecule has 0 saturated heterocycles. The number of anilines is 1. The van der Waals surface area contributed by atoms with Crippen LogP contribution in [0.5, 0.6) is 5.75 Å². The molecular weight excluding hydrogens is 356 g/mol. The van der Waals surface area contributed by atoms with E-state index in [2.05, 4.69) is 4.72 Å². The Morgan fingerprint density at radius 2 is 1.67 bits per heavy atom. The lowest BCUT2D eigenvalue weighted by Gasteiger charge is -2.14. The molecule has 0 amide bonds. The lowest BCUT2D eigenvalue weighted by molar-refractivity contribution is -0.384. The van der Waals surface area contributed by atoms with Crippen LogP contribution in [-0.4, -0.2) is 18.4 Å². The van der Waals surface area contributed by atoms with Gasteiger partial charge in [0.15, 0.2) is 0 Å². The first-order valence-electron chi connectivity index (χ1n) is 6.80. The highest BCUT2D eigenvalue weighted by Gasteiger charge is 2.23. The van der Waals surface area contributed by atoms with Crippen molar-refractivity contribution in [3.8, 4) is 5.75 Å². The molecule has 0 aliphatic carbocycles. The number of hydrogen-bond acceptors (Lipinski definition) is 5. The molecule has 0 radical (unpaired) electrons. The number of nitro groups is 1. The summed E-state index contributed by atoms with van der Waals surface area (Å²) in [4.78, 5) is 10.1. The summed E-state index contributed by atoms with van der Waals surface area (Å²) in [5.41, 5.74) is 1.27. The summed E-state index contributed by atoms with van der Waals surface area (Å²) in [5.74, 6) is -0.586. The van der Waals surface area contributed by atoms with Crippen LogP contribution in [0, 0.1) is 30.9 Å². The fourth-order valence-corrected chi connectivity index (χ4v) is 4.31. The van der Waals surface area contributed by atoms with Gasteiger partial charge >= 0.3 is 0 Å². The van der Waals surface area contributed by atoms with Crippen molar-refractivity contribution in [1.29, 1.82) is 0 Å². The number of nitro benzene ring substituents is 1. The number of sulfonamides is 1. The van der Waals surface area contributed by atoms with E-state index in [-0.39, 0.29) is 15.6 Å². The van der Waals surface area contributed by atoms with E-state index in [0.717, 1.165) is 17.7 Å². The first-order chi connectivity index (χ1) is 11.0. The fraction of sp³-hybridized carbons (Fsp3) is 0.200. The lowest BCUT2D eigenvalue weighted by atomic mass is 10.1. The average molecular weight is 371 g/mol. The Morgan fingerprint density at radius 3 is 2.17 bits per heavy atom. The van der Waals surface area contributed by atoms with Gasteiger partial charge in [0.1, 0.15) is 10.8 Å². The van der Waals surface area contributed by atoms with Gasteiger partial charge in [-0.2, -0.15) is 0 Å². The van der Waals surface area contributed by atoms with Gasteiger partial charge in [0.05, 0.1) is 21.6 Å². The van der Waals surface area contributed by atoms with Gasteiger partial charge in [-0.3, -0.25) is 14.8 Å². The van der Waals surface area contributed by atoms with Gasteiger partial charge in [-0.05, 0) is 38.0 Å². The van der Waals surface area contributed by atoms with Crippen LogP contribution in [0.3, 0.4) is 0 Å². The zero-order valence-corrected chi connectivity index (χ0v) is 14.7. The number of halogens is 1. The number of aryl methyl sites for hydroxylation is 3. The molecule has 24 heavy (non-hydrogen) atoms. The Morgan fingerprint density at radius 1 is 1.12 bits per heavy atom. The molecule has 7 nitrogen and oxygen atoms in total. The maximum absolute atomic E-state index is 12.6. The highest BCUT2D eigenvalue weighted by molar-refractivity contribution is 7.92. The minimum absolute atomic E-state index is 0.0852. The van der Waals surface area contributed by atoms with E-state index in [1.165, 1.54) is 0 Å². The summed E-state index contributed by atoms with van der Waals surface area (Å²) >= 11 is 5.77. The number of nitrogens with one attached hydrogen (secondary N) is 1. The number of aromatic hydroxyl groups is 1. The number of hydrogen-bond donors (Lipinski definition) is 2. The molecule has 0 aliphatic rings. The van der Waals surface area contributed by atoms with E-state index >= 15 is 0 Å². The highest BCUT2D eigenvalue weighted by atomic mass is 35.5. The number of benzene rings is 2. The van der Waals surface area contributed by atoms with Crippen molar-refractivity contribution in [2.45, 2.75) is 25.7 Å². The number of rotatable bonds is 4. The van der Waals surface area contributed by atoms with E-state index in [1.54, 1.807) is 26.0 Å². The third kappa shape index (κ3) is 3.44. The third-order valence-electron chi connectivity index (χ3n) is 3.38. The maximum Gasteiger partial charge on any atom is 0.291 e. The number of phenols is 1. The largest absolute Gasteiger partial charge is 0.505 e. The zero-order valence-electron chi connectivity index (χ0n) is 13.1. The summed E-state index contributed by atoms with van der Waals surface area (Å²) in [6, 6.07) is 5.26. The Hall–Kier alpha value is -2.32. The molecule has 0 fully saturated rings. The lowest BCUT2D eigenvalue weighted by Crippen LogP contribution is -2.16. The van der Waals surface area contributed by atoms with Crippen LogP contribution < -0.4 is 4.72 Å². The van der Waals surface area contributed by atoms with Crippen LogP contribution in [0.2, 0.25) is 5.02 Å². The van der Waals surface area contributed by atoms with E-state index < -0.39 is 26.4 Å². The van der Waals surface area contributed by atoms with Crippen molar-refractivity contribution in [3.05, 3.63) is 56.1 Å². The monoisotopic (exact) mass is 370 g/mol. The predicted octanol–water partition coefficient (Wildman–Crippen LogP) is 3.68. The third-order valence-corrected chi connectivity index (χ3v) is 5.35. The van der Waals surface area contributed by atoms with Gasteiger partial charge in [-0.15, -0.1) is 0 Å². The van der Waals surface area contributed by atoms with Crippen LogP contribution in [0.1, 0.15) is 16.7 Å². The van der Waals surface area contributed by atoms with Crippen molar-refractivity contribution < 1.29 is 18.4 Å². The molecule has 128 valence electrons. The number of phenolic OH excluding ortho intramolecular Hbond substituents is 1. The Balaban J connectivity index is 2.52. The minimum atomic E-state index is -4.00. The maximum atomic E-state index is 12.6. The Labute approximate surface area is 144 Å². The van der Waals surface area contributed by atoms with E-state index in [9.17, 15) is 23.6 Å². The molecule has 0 saturated carbocycles. The normalized spacial score (nSPS) is 11.3. The second-order valence-electron chi connectivity index (χ2n) is 5.41. The minimum Gasteiger partial charge on any atom is -0.505 e. The van der Waals surface area contributed by atoms with Crippen LogP contribution in [0.4, 0.5) is 11.4 Å². The summed E-state index contributed by atoms with van der Waals surface area (Å²) in [6.07, 6.45) is 0. The van der Waals surface area contributed by atoms with Gasteiger partial charge in [-0.1, -0.05) is 29.3 Å². The molecule has 0 heterocycles. The van der Waals surface area contributed by atoms with Crippen molar-refractivity contribution >= 4 is 33.0 Å². The topological polar surface area (TPSA) is 110 Å². The van der Waals surface area contributed by atoms with E-state index in [1.807, 2.05) is 6.92 Å². The van der Waals surface area contributed by atoms with E-state index in [0.29, 0.717) is 11.1 Å². The molecule has 2 N–H and O–H groups in total. The average Bonchev–Trinajstić information content (AvgIpc) is 2.40. The second-order valence-corrected chi connectivity index (χ2v) is 7.44. The highest BCUT2D eigenvalue weighted by Crippen LogP contribution is 2.36. The standard InChI is InChI=1S/C15H15ClN2O5S/c1-8-4-9(2)15(10(3)5-8)24(22,23)17-12-6-11(16)13(18(20)21)7-14(12)19/h4-7,17,19H,1-3H3. The summed E-state index contributed by atoms with van der Waals surface area (Å²) < 4.78 is 27.5. The smallest absolute Gasteiger partial charge is 0.291 e. The van der Waals surface area contributed by atoms with Gasteiger partial charge in [0.2, 0.25) is 0 Å². The molecule has 0 unspecified atom stereocenters. The van der Waals surface area contributed by atoms with Crippen molar-refractivity contribution in [2.24, 2.45) is 0 Å². The van der Waals surface area contributed by atoms with Gasteiger partial charge in [-0.25, -0.2) is 8.42 Å². The molecule has 2 aromatic rings. The molecule has 0 aromatic heterocycles. The first-order valence-corrected chi connectivity index (χ1v) is 8.66. The first kappa shape index (κ1) is 18.0. The van der Waals surface area contributed by atoms with Gasteiger partial charge < -0.3 is 5.11 Å². The Kier molecular flexibility index (Phi) is 4.73. The van der Waals surface area contributed by atoms with Gasteiger partial charge in [0.25, 0.3) is 15.7 Å². The molecule has 0 spiro atoms. The SMILES string of the molecule is Cc1cc(C)c(S(=O)(=O)Nc2cc(Cl)c([N+](=O)[O-])cc2O)c(C)c1. The molecule has 2 rings (SSSR count). The van der Waals surface area contributed by atoms with Crippen molar-refractivity contribution in [2.75, 3.05) is 4.72 Å². The molecule has 0 atom stereocenters. The van der Waals surface area contributed by atoms with Crippen LogP contribution in [0.25, 0.3) is 0 Å². The molecule has 9 heteroatoms. The number of nitrogens with zero attached hydrogens (tertiary/aromatic N) is 1. The quantitative estimate of drug-likeness (QED) is 0.484. The molecular formula is C15H15ClN2O5S. The van der Waals surface area contributed by atoms with Crippen LogP contribution in [0.15, 0.2) is 29.2 Å². The molecule has 2 aromatic carbocycles. The van der Waals surface area contributed by atoms with Crippen molar-refractivity contribution in [3.63, 3.8) is 0 Å². The van der Waals surface area contributed by atoms with Crippen molar-refractivity contribution in [1.82, 2.24) is 0 Å². The van der Waals surface area contributed by atoms with Crippen LogP contribution in [-0.2, 0) is 10.0 Å². The summed E-state index contributed by atoms with van der Waals surface area (Å²) in [6.45, 7) is 5.18. The Bertz CT molecular complexity index is 918. The molecule has 0 bridgehead atoms. The summed E-state index contributed by atoms with van der Waals surface area (Å²) in [7, 11) is -4.00.